The van der Waals surface area contributed by atoms with Gasteiger partial charge in [-0.2, -0.15) is 0 Å². The van der Waals surface area contributed by atoms with Gasteiger partial charge in [0.05, 0.1) is 21.2 Å². The van der Waals surface area contributed by atoms with E-state index >= 15 is 0 Å². The highest BCUT2D eigenvalue weighted by molar-refractivity contribution is 6.56. The van der Waals surface area contributed by atoms with Crippen molar-refractivity contribution >= 4 is 42.3 Å². The summed E-state index contributed by atoms with van der Waals surface area (Å²) >= 11 is 12.2. The molecular formula is C17H21BCl2FNO3. The molecule has 1 saturated heterocycles. The fraction of sp³-hybridized carbons (Fsp3) is 0.471. The number of halogens is 3. The molecule has 0 bridgehead atoms. The summed E-state index contributed by atoms with van der Waals surface area (Å²) in [5, 5.41) is 3.06. The van der Waals surface area contributed by atoms with Gasteiger partial charge in [-0.05, 0) is 45.3 Å². The Labute approximate surface area is 157 Å². The molecule has 25 heavy (non-hydrogen) atoms. The van der Waals surface area contributed by atoms with Gasteiger partial charge >= 0.3 is 7.12 Å². The molecule has 1 aromatic rings. The van der Waals surface area contributed by atoms with Crippen molar-refractivity contribution in [2.75, 3.05) is 6.54 Å². The van der Waals surface area contributed by atoms with Gasteiger partial charge in [0.1, 0.15) is 5.82 Å². The predicted octanol–water partition coefficient (Wildman–Crippen LogP) is 4.28. The number of hydrogen-bond donors (Lipinski definition) is 1. The Bertz CT molecular complexity index is 683. The molecule has 0 unspecified atom stereocenters. The number of rotatable bonds is 4. The second kappa shape index (κ2) is 7.27. The molecule has 0 radical (unpaired) electrons. The maximum Gasteiger partial charge on any atom is 0.492 e. The summed E-state index contributed by atoms with van der Waals surface area (Å²) in [4.78, 5) is 11.3. The fourth-order valence-corrected chi connectivity index (χ4v) is 2.87. The topological polar surface area (TPSA) is 47.6 Å². The second-order valence-corrected chi connectivity index (χ2v) is 7.81. The van der Waals surface area contributed by atoms with Crippen molar-refractivity contribution in [1.82, 2.24) is 5.32 Å². The van der Waals surface area contributed by atoms with E-state index in [1.165, 1.54) is 19.1 Å². The van der Waals surface area contributed by atoms with Crippen molar-refractivity contribution in [1.29, 1.82) is 0 Å². The summed E-state index contributed by atoms with van der Waals surface area (Å²) in [7, 11) is -0.686. The van der Waals surface area contributed by atoms with Gasteiger partial charge in [0.2, 0.25) is 5.91 Å². The minimum Gasteiger partial charge on any atom is -0.400 e. The Morgan fingerprint density at radius 3 is 2.12 bits per heavy atom. The number of nitrogens with one attached hydrogen (secondary N) is 1. The zero-order valence-electron chi connectivity index (χ0n) is 14.9. The zero-order valence-corrected chi connectivity index (χ0v) is 16.4. The molecule has 0 atom stereocenters. The number of hydrogen-bond acceptors (Lipinski definition) is 3. The van der Waals surface area contributed by atoms with Gasteiger partial charge in [-0.15, -0.1) is 0 Å². The van der Waals surface area contributed by atoms with Crippen molar-refractivity contribution in [2.24, 2.45) is 0 Å². The summed E-state index contributed by atoms with van der Waals surface area (Å²) in [6.07, 6.45) is 1.67. The summed E-state index contributed by atoms with van der Waals surface area (Å²) in [5.74, 6) is -0.718. The second-order valence-electron chi connectivity index (χ2n) is 7.00. The van der Waals surface area contributed by atoms with Crippen LogP contribution in [0.25, 0.3) is 6.08 Å². The van der Waals surface area contributed by atoms with Crippen molar-refractivity contribution < 1.29 is 18.5 Å². The highest BCUT2D eigenvalue weighted by Gasteiger charge is 2.52. The van der Waals surface area contributed by atoms with E-state index in [0.717, 1.165) is 0 Å². The lowest BCUT2D eigenvalue weighted by molar-refractivity contribution is -0.118. The van der Waals surface area contributed by atoms with Crippen LogP contribution < -0.4 is 5.32 Å². The number of amides is 1. The smallest absolute Gasteiger partial charge is 0.400 e. The van der Waals surface area contributed by atoms with E-state index in [1.54, 1.807) is 6.08 Å². The van der Waals surface area contributed by atoms with Gasteiger partial charge < -0.3 is 14.6 Å². The van der Waals surface area contributed by atoms with Crippen molar-refractivity contribution in [3.05, 3.63) is 39.0 Å². The Morgan fingerprint density at radius 2 is 1.68 bits per heavy atom. The van der Waals surface area contributed by atoms with Crippen LogP contribution in [-0.2, 0) is 14.1 Å². The van der Waals surface area contributed by atoms with Crippen LogP contribution in [0, 0.1) is 5.82 Å². The molecule has 0 aromatic heterocycles. The van der Waals surface area contributed by atoms with E-state index in [0.29, 0.717) is 11.0 Å². The van der Waals surface area contributed by atoms with Crippen LogP contribution in [0.4, 0.5) is 4.39 Å². The molecule has 0 aliphatic carbocycles. The predicted molar refractivity (Wildman–Crippen MR) is 99.2 cm³/mol. The molecule has 1 aliphatic rings. The monoisotopic (exact) mass is 387 g/mol. The SMILES string of the molecule is CC(=O)NCC(=Cc1c(Cl)cc(F)cc1Cl)B1OC(C)(C)C(C)(C)O1. The third-order valence-electron chi connectivity index (χ3n) is 4.47. The molecule has 1 amide bonds. The molecule has 1 N–H and O–H groups in total. The first-order chi connectivity index (χ1) is 11.4. The van der Waals surface area contributed by atoms with Gasteiger partial charge in [0, 0.05) is 19.0 Å². The highest BCUT2D eigenvalue weighted by Crippen LogP contribution is 2.39. The van der Waals surface area contributed by atoms with Crippen molar-refractivity contribution in [3.8, 4) is 0 Å². The lowest BCUT2D eigenvalue weighted by atomic mass is 9.77. The molecule has 1 aromatic carbocycles. The molecule has 0 spiro atoms. The molecule has 2 rings (SSSR count). The quantitative estimate of drug-likeness (QED) is 0.784. The maximum atomic E-state index is 13.4. The summed E-state index contributed by atoms with van der Waals surface area (Å²) < 4.78 is 25.5. The first kappa shape index (κ1) is 20.2. The minimum absolute atomic E-state index is 0.168. The molecular weight excluding hydrogens is 367 g/mol. The summed E-state index contributed by atoms with van der Waals surface area (Å²) in [6.45, 7) is 9.33. The summed E-state index contributed by atoms with van der Waals surface area (Å²) in [6, 6.07) is 2.36. The summed E-state index contributed by atoms with van der Waals surface area (Å²) in [5.41, 5.74) is -0.00346. The van der Waals surface area contributed by atoms with Crippen LogP contribution in [0.3, 0.4) is 0 Å². The minimum atomic E-state index is -0.686. The lowest BCUT2D eigenvalue weighted by Gasteiger charge is -2.32. The average Bonchev–Trinajstić information content (AvgIpc) is 2.65. The third-order valence-corrected chi connectivity index (χ3v) is 5.10. The van der Waals surface area contributed by atoms with E-state index in [2.05, 4.69) is 5.32 Å². The third kappa shape index (κ3) is 4.56. The standard InChI is InChI=1S/C17H21BCl2FNO3/c1-10(23)22-9-11(18-24-16(2,3)17(4,5)25-18)6-13-14(19)7-12(21)8-15(13)20/h6-8H,9H2,1-5H3,(H,22,23). The fourth-order valence-electron chi connectivity index (χ4n) is 2.30. The number of carbonyl (C=O) groups excluding carboxylic acids is 1. The molecule has 0 saturated carbocycles. The number of benzene rings is 1. The molecule has 4 nitrogen and oxygen atoms in total. The van der Waals surface area contributed by atoms with Gasteiger partial charge in [0.25, 0.3) is 0 Å². The average molecular weight is 388 g/mol. The van der Waals surface area contributed by atoms with Crippen molar-refractivity contribution in [3.63, 3.8) is 0 Å². The van der Waals surface area contributed by atoms with Crippen LogP contribution in [0.2, 0.25) is 10.0 Å². The van der Waals surface area contributed by atoms with Crippen LogP contribution in [-0.4, -0.2) is 30.8 Å². The van der Waals surface area contributed by atoms with Crippen LogP contribution in [0.5, 0.6) is 0 Å². The first-order valence-corrected chi connectivity index (χ1v) is 8.63. The van der Waals surface area contributed by atoms with E-state index < -0.39 is 24.1 Å². The van der Waals surface area contributed by atoms with Crippen LogP contribution in [0.15, 0.2) is 17.6 Å². The van der Waals surface area contributed by atoms with Gasteiger partial charge in [-0.1, -0.05) is 29.3 Å². The Morgan fingerprint density at radius 1 is 1.20 bits per heavy atom. The van der Waals surface area contributed by atoms with E-state index in [1.807, 2.05) is 27.7 Å². The normalized spacial score (nSPS) is 19.2. The number of carbonyl (C=O) groups is 1. The Balaban J connectivity index is 2.42. The van der Waals surface area contributed by atoms with Gasteiger partial charge in [0.15, 0.2) is 0 Å². The molecule has 1 fully saturated rings. The van der Waals surface area contributed by atoms with Crippen molar-refractivity contribution in [2.45, 2.75) is 45.8 Å². The molecule has 1 heterocycles. The van der Waals surface area contributed by atoms with Gasteiger partial charge in [-0.25, -0.2) is 4.39 Å². The zero-order chi connectivity index (χ0) is 19.0. The Kier molecular flexibility index (Phi) is 5.89. The van der Waals surface area contributed by atoms with E-state index in [-0.39, 0.29) is 22.5 Å². The first-order valence-electron chi connectivity index (χ1n) is 7.88. The van der Waals surface area contributed by atoms with Crippen LogP contribution in [0.1, 0.15) is 40.2 Å². The molecule has 136 valence electrons. The maximum absolute atomic E-state index is 13.4. The molecule has 1 aliphatic heterocycles. The van der Waals surface area contributed by atoms with Gasteiger partial charge in [-0.3, -0.25) is 4.79 Å². The van der Waals surface area contributed by atoms with E-state index in [9.17, 15) is 9.18 Å². The van der Waals surface area contributed by atoms with E-state index in [4.69, 9.17) is 32.5 Å². The largest absolute Gasteiger partial charge is 0.492 e. The highest BCUT2D eigenvalue weighted by atomic mass is 35.5. The lowest BCUT2D eigenvalue weighted by Crippen LogP contribution is -2.41. The Hall–Kier alpha value is -1.08. The van der Waals surface area contributed by atoms with Crippen LogP contribution >= 0.6 is 23.2 Å². The molecule has 8 heteroatoms.